The number of benzene rings is 2. The molecule has 0 spiro atoms. The molecular weight excluding hydrogens is 280 g/mol. The van der Waals surface area contributed by atoms with Crippen molar-refractivity contribution in [1.82, 2.24) is 10.3 Å². The van der Waals surface area contributed by atoms with E-state index in [4.69, 9.17) is 4.42 Å². The number of phenolic OH excluding ortho intramolecular Hbond substituents is 1. The van der Waals surface area contributed by atoms with E-state index in [2.05, 4.69) is 10.3 Å². The van der Waals surface area contributed by atoms with E-state index < -0.39 is 0 Å². The molecule has 5 nitrogen and oxygen atoms in total. The number of phenols is 1. The van der Waals surface area contributed by atoms with Crippen LogP contribution in [0.15, 0.2) is 46.9 Å². The first-order valence-corrected chi connectivity index (χ1v) is 7.00. The highest BCUT2D eigenvalue weighted by Crippen LogP contribution is 2.27. The monoisotopic (exact) mass is 296 g/mol. The van der Waals surface area contributed by atoms with Crippen LogP contribution < -0.4 is 5.32 Å². The summed E-state index contributed by atoms with van der Waals surface area (Å²) in [6.07, 6.45) is 0. The first-order chi connectivity index (χ1) is 10.5. The van der Waals surface area contributed by atoms with E-state index in [9.17, 15) is 9.90 Å². The third-order valence-electron chi connectivity index (χ3n) is 3.45. The Hall–Kier alpha value is -2.82. The smallest absolute Gasteiger partial charge is 0.227 e. The number of rotatable bonds is 3. The predicted octanol–water partition coefficient (Wildman–Crippen LogP) is 3.40. The SMILES string of the molecule is CC(=O)NC(C)c1ccc2nc(-c3ccc(O)cc3)oc2c1. The van der Waals surface area contributed by atoms with Gasteiger partial charge in [-0.3, -0.25) is 4.79 Å². The molecule has 0 fully saturated rings. The Morgan fingerprint density at radius 2 is 1.95 bits per heavy atom. The van der Waals surface area contributed by atoms with Crippen LogP contribution in [0.5, 0.6) is 5.75 Å². The summed E-state index contributed by atoms with van der Waals surface area (Å²) in [5, 5.41) is 12.2. The molecule has 0 aliphatic heterocycles. The maximum Gasteiger partial charge on any atom is 0.227 e. The molecule has 22 heavy (non-hydrogen) atoms. The predicted molar refractivity (Wildman–Crippen MR) is 83.3 cm³/mol. The number of aromatic hydroxyl groups is 1. The van der Waals surface area contributed by atoms with Crippen LogP contribution in [0, 0.1) is 0 Å². The average molecular weight is 296 g/mol. The molecule has 3 aromatic rings. The van der Waals surface area contributed by atoms with Gasteiger partial charge in [-0.05, 0) is 48.9 Å². The Bertz CT molecular complexity index is 822. The Morgan fingerprint density at radius 3 is 2.64 bits per heavy atom. The van der Waals surface area contributed by atoms with Crippen LogP contribution in [0.2, 0.25) is 0 Å². The van der Waals surface area contributed by atoms with Gasteiger partial charge in [0.2, 0.25) is 11.8 Å². The van der Waals surface area contributed by atoms with Gasteiger partial charge in [0, 0.05) is 12.5 Å². The minimum absolute atomic E-state index is 0.0741. The summed E-state index contributed by atoms with van der Waals surface area (Å²) >= 11 is 0. The first-order valence-electron chi connectivity index (χ1n) is 7.00. The number of hydrogen-bond acceptors (Lipinski definition) is 4. The summed E-state index contributed by atoms with van der Waals surface area (Å²) in [5.74, 6) is 0.626. The third-order valence-corrected chi connectivity index (χ3v) is 3.45. The molecule has 1 heterocycles. The van der Waals surface area contributed by atoms with Crippen LogP contribution >= 0.6 is 0 Å². The molecule has 1 aromatic heterocycles. The second kappa shape index (κ2) is 5.52. The third kappa shape index (κ3) is 2.79. The number of hydrogen-bond donors (Lipinski definition) is 2. The number of carbonyl (C=O) groups is 1. The highest BCUT2D eigenvalue weighted by molar-refractivity contribution is 5.78. The number of aromatic nitrogens is 1. The number of nitrogens with one attached hydrogen (secondary N) is 1. The molecule has 1 amide bonds. The van der Waals surface area contributed by atoms with Crippen LogP contribution in [0.1, 0.15) is 25.5 Å². The van der Waals surface area contributed by atoms with Crippen LogP contribution in [0.25, 0.3) is 22.6 Å². The van der Waals surface area contributed by atoms with Crippen LogP contribution in [0.3, 0.4) is 0 Å². The van der Waals surface area contributed by atoms with E-state index in [1.807, 2.05) is 25.1 Å². The fourth-order valence-corrected chi connectivity index (χ4v) is 2.33. The summed E-state index contributed by atoms with van der Waals surface area (Å²) in [5.41, 5.74) is 3.17. The number of carbonyl (C=O) groups excluding carboxylic acids is 1. The van der Waals surface area contributed by atoms with E-state index in [0.717, 1.165) is 16.6 Å². The molecule has 0 aliphatic rings. The summed E-state index contributed by atoms with van der Waals surface area (Å²) in [6, 6.07) is 12.3. The van der Waals surface area contributed by atoms with Gasteiger partial charge in [0.05, 0.1) is 6.04 Å². The quantitative estimate of drug-likeness (QED) is 0.776. The molecule has 2 N–H and O–H groups in total. The second-order valence-electron chi connectivity index (χ2n) is 5.22. The molecular formula is C17H16N2O3. The maximum atomic E-state index is 11.1. The number of amides is 1. The second-order valence-corrected chi connectivity index (χ2v) is 5.22. The van der Waals surface area contributed by atoms with Gasteiger partial charge < -0.3 is 14.8 Å². The van der Waals surface area contributed by atoms with E-state index in [1.54, 1.807) is 24.3 Å². The van der Waals surface area contributed by atoms with E-state index in [1.165, 1.54) is 6.92 Å². The number of fused-ring (bicyclic) bond motifs is 1. The Kier molecular flexibility index (Phi) is 3.55. The van der Waals surface area contributed by atoms with Crippen molar-refractivity contribution in [2.45, 2.75) is 19.9 Å². The molecule has 0 saturated carbocycles. The Labute approximate surface area is 127 Å². The average Bonchev–Trinajstić information content (AvgIpc) is 2.90. The zero-order valence-corrected chi connectivity index (χ0v) is 12.3. The lowest BCUT2D eigenvalue weighted by Crippen LogP contribution is -2.23. The summed E-state index contributed by atoms with van der Waals surface area (Å²) in [7, 11) is 0. The van der Waals surface area contributed by atoms with Crippen molar-refractivity contribution in [1.29, 1.82) is 0 Å². The minimum Gasteiger partial charge on any atom is -0.508 e. The lowest BCUT2D eigenvalue weighted by Gasteiger charge is -2.12. The van der Waals surface area contributed by atoms with E-state index >= 15 is 0 Å². The van der Waals surface area contributed by atoms with Crippen molar-refractivity contribution in [3.8, 4) is 17.2 Å². The maximum absolute atomic E-state index is 11.1. The molecule has 2 aromatic carbocycles. The minimum atomic E-state index is -0.0934. The molecule has 3 rings (SSSR count). The molecule has 0 aliphatic carbocycles. The standard InChI is InChI=1S/C17H16N2O3/c1-10(18-11(2)20)13-5-8-15-16(9-13)22-17(19-15)12-3-6-14(21)7-4-12/h3-10,21H,1-2H3,(H,18,20). The molecule has 112 valence electrons. The zero-order valence-electron chi connectivity index (χ0n) is 12.3. The highest BCUT2D eigenvalue weighted by Gasteiger charge is 2.12. The van der Waals surface area contributed by atoms with Gasteiger partial charge >= 0.3 is 0 Å². The molecule has 5 heteroatoms. The lowest BCUT2D eigenvalue weighted by molar-refractivity contribution is -0.119. The van der Waals surface area contributed by atoms with Gasteiger partial charge in [-0.25, -0.2) is 4.98 Å². The highest BCUT2D eigenvalue weighted by atomic mass is 16.3. The zero-order chi connectivity index (χ0) is 15.7. The summed E-state index contributed by atoms with van der Waals surface area (Å²) in [6.45, 7) is 3.41. The van der Waals surface area contributed by atoms with Crippen molar-refractivity contribution in [3.05, 3.63) is 48.0 Å². The fraction of sp³-hybridized carbons (Fsp3) is 0.176. The van der Waals surface area contributed by atoms with Crippen molar-refractivity contribution < 1.29 is 14.3 Å². The molecule has 1 atom stereocenters. The fourth-order valence-electron chi connectivity index (χ4n) is 2.33. The largest absolute Gasteiger partial charge is 0.508 e. The van der Waals surface area contributed by atoms with Gasteiger partial charge in [-0.15, -0.1) is 0 Å². The lowest BCUT2D eigenvalue weighted by atomic mass is 10.1. The van der Waals surface area contributed by atoms with Crippen molar-refractivity contribution in [3.63, 3.8) is 0 Å². The van der Waals surface area contributed by atoms with Gasteiger partial charge in [0.15, 0.2) is 5.58 Å². The summed E-state index contributed by atoms with van der Waals surface area (Å²) < 4.78 is 5.78. The number of oxazole rings is 1. The van der Waals surface area contributed by atoms with E-state index in [0.29, 0.717) is 11.5 Å². The molecule has 0 saturated heterocycles. The number of nitrogens with zero attached hydrogens (tertiary/aromatic N) is 1. The molecule has 0 radical (unpaired) electrons. The van der Waals surface area contributed by atoms with Crippen LogP contribution in [-0.4, -0.2) is 16.0 Å². The Morgan fingerprint density at radius 1 is 1.23 bits per heavy atom. The van der Waals surface area contributed by atoms with Gasteiger partial charge in [0.25, 0.3) is 0 Å². The van der Waals surface area contributed by atoms with Gasteiger partial charge in [0.1, 0.15) is 11.3 Å². The van der Waals surface area contributed by atoms with Gasteiger partial charge in [-0.2, -0.15) is 0 Å². The Balaban J connectivity index is 1.96. The van der Waals surface area contributed by atoms with Crippen LogP contribution in [-0.2, 0) is 4.79 Å². The van der Waals surface area contributed by atoms with Gasteiger partial charge in [-0.1, -0.05) is 6.07 Å². The van der Waals surface area contributed by atoms with Crippen LogP contribution in [0.4, 0.5) is 0 Å². The van der Waals surface area contributed by atoms with Crippen molar-refractivity contribution >= 4 is 17.0 Å². The summed E-state index contributed by atoms with van der Waals surface area (Å²) in [4.78, 5) is 15.6. The van der Waals surface area contributed by atoms with E-state index in [-0.39, 0.29) is 17.7 Å². The van der Waals surface area contributed by atoms with Crippen molar-refractivity contribution in [2.75, 3.05) is 0 Å². The topological polar surface area (TPSA) is 75.4 Å². The normalized spacial score (nSPS) is 12.3. The molecule has 1 unspecified atom stereocenters. The molecule has 0 bridgehead atoms. The first kappa shape index (κ1) is 14.1. The van der Waals surface area contributed by atoms with Crippen molar-refractivity contribution in [2.24, 2.45) is 0 Å².